The topological polar surface area (TPSA) is 66.5 Å². The third-order valence-corrected chi connectivity index (χ3v) is 5.65. The lowest BCUT2D eigenvalue weighted by Gasteiger charge is -2.31. The van der Waals surface area contributed by atoms with E-state index in [1.165, 1.54) is 4.31 Å². The van der Waals surface area contributed by atoms with E-state index in [4.69, 9.17) is 0 Å². The second-order valence-corrected chi connectivity index (χ2v) is 7.42. The summed E-state index contributed by atoms with van der Waals surface area (Å²) in [7, 11) is -3.18. The molecule has 0 spiro atoms. The molecular weight excluding hydrogens is 264 g/mol. The molecule has 1 N–H and O–H groups in total. The van der Waals surface area contributed by atoms with E-state index in [1.807, 2.05) is 20.8 Å². The van der Waals surface area contributed by atoms with Crippen LogP contribution in [-0.2, 0) is 14.8 Å². The number of hydrogen-bond acceptors (Lipinski definition) is 3. The summed E-state index contributed by atoms with van der Waals surface area (Å²) in [6.07, 6.45) is 3.04. The molecule has 1 saturated heterocycles. The Morgan fingerprint density at radius 3 is 2.68 bits per heavy atom. The molecule has 6 heteroatoms. The summed E-state index contributed by atoms with van der Waals surface area (Å²) in [5.41, 5.74) is 0. The molecule has 0 bridgehead atoms. The van der Waals surface area contributed by atoms with Crippen molar-refractivity contribution in [2.45, 2.75) is 52.5 Å². The second kappa shape index (κ2) is 7.24. The molecule has 1 rings (SSSR count). The van der Waals surface area contributed by atoms with Gasteiger partial charge in [0.15, 0.2) is 0 Å². The number of carbonyl (C=O) groups excluding carboxylic acids is 1. The fourth-order valence-corrected chi connectivity index (χ4v) is 3.85. The van der Waals surface area contributed by atoms with Crippen LogP contribution in [0.5, 0.6) is 0 Å². The third kappa shape index (κ3) is 4.76. The van der Waals surface area contributed by atoms with Gasteiger partial charge in [0.25, 0.3) is 0 Å². The van der Waals surface area contributed by atoms with Crippen LogP contribution in [0.4, 0.5) is 0 Å². The van der Waals surface area contributed by atoms with Crippen molar-refractivity contribution in [3.8, 4) is 0 Å². The zero-order valence-corrected chi connectivity index (χ0v) is 13.0. The van der Waals surface area contributed by atoms with E-state index < -0.39 is 10.0 Å². The Bertz CT molecular complexity index is 395. The van der Waals surface area contributed by atoms with E-state index in [2.05, 4.69) is 5.32 Å². The van der Waals surface area contributed by atoms with Crippen molar-refractivity contribution >= 4 is 15.9 Å². The predicted octanol–water partition coefficient (Wildman–Crippen LogP) is 1.35. The molecule has 19 heavy (non-hydrogen) atoms. The van der Waals surface area contributed by atoms with Gasteiger partial charge in [-0.3, -0.25) is 4.79 Å². The molecule has 0 unspecified atom stereocenters. The maximum atomic E-state index is 12.1. The molecule has 1 aliphatic heterocycles. The summed E-state index contributed by atoms with van der Waals surface area (Å²) in [5, 5.41) is 2.94. The average molecular weight is 290 g/mol. The first-order valence-corrected chi connectivity index (χ1v) is 8.79. The van der Waals surface area contributed by atoms with Crippen LogP contribution in [0.15, 0.2) is 0 Å². The Morgan fingerprint density at radius 1 is 1.42 bits per heavy atom. The molecule has 112 valence electrons. The monoisotopic (exact) mass is 290 g/mol. The number of nitrogens with zero attached hydrogens (tertiary/aromatic N) is 1. The molecule has 0 aromatic rings. The van der Waals surface area contributed by atoms with Crippen molar-refractivity contribution in [2.75, 3.05) is 18.8 Å². The first kappa shape index (κ1) is 16.4. The van der Waals surface area contributed by atoms with Crippen LogP contribution < -0.4 is 5.32 Å². The second-order valence-electron chi connectivity index (χ2n) is 5.33. The molecular formula is C13H26N2O3S. The van der Waals surface area contributed by atoms with Crippen LogP contribution in [-0.4, -0.2) is 43.5 Å². The third-order valence-electron chi connectivity index (χ3n) is 3.61. The van der Waals surface area contributed by atoms with Gasteiger partial charge in [-0.05, 0) is 32.6 Å². The zero-order valence-electron chi connectivity index (χ0n) is 12.2. The van der Waals surface area contributed by atoms with E-state index in [0.717, 1.165) is 19.3 Å². The summed E-state index contributed by atoms with van der Waals surface area (Å²) in [5.74, 6) is -0.0349. The number of nitrogens with one attached hydrogen (secondary N) is 1. The Kier molecular flexibility index (Phi) is 6.26. The molecule has 0 aromatic heterocycles. The first-order valence-electron chi connectivity index (χ1n) is 7.18. The maximum absolute atomic E-state index is 12.1. The minimum atomic E-state index is -3.18. The van der Waals surface area contributed by atoms with Crippen LogP contribution in [0.1, 0.15) is 46.5 Å². The van der Waals surface area contributed by atoms with Gasteiger partial charge in [-0.2, -0.15) is 0 Å². The summed E-state index contributed by atoms with van der Waals surface area (Å²) in [4.78, 5) is 12.1. The minimum absolute atomic E-state index is 0.00857. The number of piperidine rings is 1. The maximum Gasteiger partial charge on any atom is 0.224 e. The van der Waals surface area contributed by atoms with Gasteiger partial charge in [0.1, 0.15) is 0 Å². The van der Waals surface area contributed by atoms with Crippen LogP contribution in [0, 0.1) is 5.92 Å². The average Bonchev–Trinajstić information content (AvgIpc) is 2.38. The van der Waals surface area contributed by atoms with Gasteiger partial charge in [-0.25, -0.2) is 12.7 Å². The number of sulfonamides is 1. The van der Waals surface area contributed by atoms with Crippen LogP contribution in [0.25, 0.3) is 0 Å². The van der Waals surface area contributed by atoms with Crippen molar-refractivity contribution in [3.05, 3.63) is 0 Å². The summed E-state index contributed by atoms with van der Waals surface area (Å²) < 4.78 is 25.5. The van der Waals surface area contributed by atoms with Crippen molar-refractivity contribution in [2.24, 2.45) is 5.92 Å². The number of amides is 1. The largest absolute Gasteiger partial charge is 0.353 e. The van der Waals surface area contributed by atoms with E-state index in [-0.39, 0.29) is 23.6 Å². The zero-order chi connectivity index (χ0) is 14.5. The number of rotatable bonds is 6. The number of carbonyl (C=O) groups is 1. The van der Waals surface area contributed by atoms with E-state index in [9.17, 15) is 13.2 Å². The van der Waals surface area contributed by atoms with Crippen LogP contribution in [0.2, 0.25) is 0 Å². The van der Waals surface area contributed by atoms with Crippen molar-refractivity contribution < 1.29 is 13.2 Å². The molecule has 1 amide bonds. The van der Waals surface area contributed by atoms with E-state index in [1.54, 1.807) is 0 Å². The standard InChI is InChI=1S/C13H26N2O3S/c1-4-9-19(17,18)15-8-6-7-12(10-15)13(16)14-11(3)5-2/h11-12H,4-10H2,1-3H3,(H,14,16)/t11-,12-/m0/s1. The van der Waals surface area contributed by atoms with Crippen molar-refractivity contribution in [3.63, 3.8) is 0 Å². The summed E-state index contributed by atoms with van der Waals surface area (Å²) in [6, 6.07) is 0.148. The van der Waals surface area contributed by atoms with Gasteiger partial charge in [-0.1, -0.05) is 13.8 Å². The molecule has 0 aliphatic carbocycles. The SMILES string of the molecule is CCCS(=O)(=O)N1CCC[C@H](C(=O)N[C@@H](C)CC)C1. The lowest BCUT2D eigenvalue weighted by atomic mass is 9.98. The Balaban J connectivity index is 2.62. The number of hydrogen-bond donors (Lipinski definition) is 1. The van der Waals surface area contributed by atoms with E-state index >= 15 is 0 Å². The Hall–Kier alpha value is -0.620. The molecule has 1 heterocycles. The molecule has 5 nitrogen and oxygen atoms in total. The molecule has 0 aromatic carbocycles. The lowest BCUT2D eigenvalue weighted by Crippen LogP contribution is -2.47. The highest BCUT2D eigenvalue weighted by Crippen LogP contribution is 2.20. The lowest BCUT2D eigenvalue weighted by molar-refractivity contribution is -0.126. The van der Waals surface area contributed by atoms with Crippen molar-refractivity contribution in [1.82, 2.24) is 9.62 Å². The highest BCUT2D eigenvalue weighted by atomic mass is 32.2. The normalized spacial score (nSPS) is 23.0. The molecule has 1 aliphatic rings. The van der Waals surface area contributed by atoms with Crippen LogP contribution >= 0.6 is 0 Å². The smallest absolute Gasteiger partial charge is 0.224 e. The Morgan fingerprint density at radius 2 is 2.11 bits per heavy atom. The highest BCUT2D eigenvalue weighted by Gasteiger charge is 2.31. The van der Waals surface area contributed by atoms with Gasteiger partial charge >= 0.3 is 0 Å². The molecule has 0 radical (unpaired) electrons. The predicted molar refractivity (Wildman–Crippen MR) is 76.3 cm³/mol. The highest BCUT2D eigenvalue weighted by molar-refractivity contribution is 7.89. The fourth-order valence-electron chi connectivity index (χ4n) is 2.26. The summed E-state index contributed by atoms with van der Waals surface area (Å²) >= 11 is 0. The van der Waals surface area contributed by atoms with E-state index in [0.29, 0.717) is 19.5 Å². The Labute approximate surface area is 116 Å². The van der Waals surface area contributed by atoms with Crippen molar-refractivity contribution in [1.29, 1.82) is 0 Å². The van der Waals surface area contributed by atoms with Crippen LogP contribution in [0.3, 0.4) is 0 Å². The van der Waals surface area contributed by atoms with Gasteiger partial charge in [0.2, 0.25) is 15.9 Å². The van der Waals surface area contributed by atoms with Gasteiger partial charge in [-0.15, -0.1) is 0 Å². The minimum Gasteiger partial charge on any atom is -0.353 e. The first-order chi connectivity index (χ1) is 8.90. The van der Waals surface area contributed by atoms with Gasteiger partial charge in [0.05, 0.1) is 11.7 Å². The quantitative estimate of drug-likeness (QED) is 0.803. The fraction of sp³-hybridized carbons (Fsp3) is 0.923. The van der Waals surface area contributed by atoms with Gasteiger partial charge in [0, 0.05) is 19.1 Å². The molecule has 2 atom stereocenters. The summed E-state index contributed by atoms with van der Waals surface area (Å²) in [6.45, 7) is 6.73. The molecule has 1 fully saturated rings. The molecule has 0 saturated carbocycles. The van der Waals surface area contributed by atoms with Gasteiger partial charge < -0.3 is 5.32 Å².